The molecule has 1 aliphatic heterocycles. The Morgan fingerprint density at radius 3 is 2.76 bits per heavy atom. The highest BCUT2D eigenvalue weighted by molar-refractivity contribution is 9.10. The van der Waals surface area contributed by atoms with Gasteiger partial charge >= 0.3 is 5.97 Å². The number of thioether (sulfide) groups is 1. The molecule has 1 saturated heterocycles. The fourth-order valence-corrected chi connectivity index (χ4v) is 3.86. The van der Waals surface area contributed by atoms with Crippen LogP contribution in [0.25, 0.3) is 0 Å². The minimum absolute atomic E-state index is 0.0974. The van der Waals surface area contributed by atoms with Crippen molar-refractivity contribution in [2.45, 2.75) is 4.90 Å². The molecular weight excluding hydrogens is 434 g/mol. The highest BCUT2D eigenvalue weighted by Crippen LogP contribution is 2.24. The van der Waals surface area contributed by atoms with Gasteiger partial charge in [0.25, 0.3) is 5.91 Å². The third kappa shape index (κ3) is 5.25. The second-order valence-electron chi connectivity index (χ2n) is 4.69. The average molecular weight is 446 g/mol. The van der Waals surface area contributed by atoms with Crippen LogP contribution in [0.1, 0.15) is 5.56 Å². The molecule has 1 aromatic rings. The molecule has 1 aliphatic rings. The van der Waals surface area contributed by atoms with Crippen LogP contribution in [0.4, 0.5) is 0 Å². The number of ether oxygens (including phenoxy) is 1. The molecule has 0 aliphatic carbocycles. The summed E-state index contributed by atoms with van der Waals surface area (Å²) in [5, 5.41) is 10.2. The van der Waals surface area contributed by atoms with Gasteiger partial charge in [0, 0.05) is 22.4 Å². The van der Waals surface area contributed by atoms with E-state index in [1.165, 1.54) is 19.4 Å². The van der Waals surface area contributed by atoms with E-state index in [0.29, 0.717) is 10.0 Å². The second kappa shape index (κ2) is 7.93. The fraction of sp³-hybridized carbons (Fsp3) is 0.143. The Morgan fingerprint density at radius 2 is 2.12 bits per heavy atom. The van der Waals surface area contributed by atoms with Crippen molar-refractivity contribution in [3.8, 4) is 0 Å². The van der Waals surface area contributed by atoms with E-state index >= 15 is 0 Å². The van der Waals surface area contributed by atoms with Crippen LogP contribution < -0.4 is 5.32 Å². The highest BCUT2D eigenvalue weighted by Gasteiger charge is 2.25. The van der Waals surface area contributed by atoms with Gasteiger partial charge in [-0.25, -0.2) is 13.2 Å². The maximum absolute atomic E-state index is 11.8. The Labute approximate surface area is 156 Å². The number of nitrogens with zero attached hydrogens (tertiary/aromatic N) is 2. The first-order valence-electron chi connectivity index (χ1n) is 6.60. The molecule has 8 nitrogen and oxygen atoms in total. The van der Waals surface area contributed by atoms with Crippen molar-refractivity contribution >= 4 is 60.8 Å². The zero-order valence-electron chi connectivity index (χ0n) is 13.0. The van der Waals surface area contributed by atoms with Crippen LogP contribution in [0.3, 0.4) is 0 Å². The quantitative estimate of drug-likeness (QED) is 0.324. The molecule has 0 aromatic heterocycles. The summed E-state index contributed by atoms with van der Waals surface area (Å²) in [6, 6.07) is 4.71. The number of hydrogen-bond donors (Lipinski definition) is 1. The van der Waals surface area contributed by atoms with Crippen molar-refractivity contribution in [2.75, 3.05) is 13.4 Å². The number of hydrogen-bond acceptors (Lipinski definition) is 8. The second-order valence-corrected chi connectivity index (χ2v) is 8.62. The Morgan fingerprint density at radius 1 is 1.40 bits per heavy atom. The summed E-state index contributed by atoms with van der Waals surface area (Å²) in [5.41, 5.74) is 0.356. The summed E-state index contributed by atoms with van der Waals surface area (Å²) in [6.07, 6.45) is 3.40. The van der Waals surface area contributed by atoms with Gasteiger partial charge in [-0.1, -0.05) is 22.0 Å². The van der Waals surface area contributed by atoms with Gasteiger partial charge in [0.05, 0.1) is 23.1 Å². The van der Waals surface area contributed by atoms with Crippen LogP contribution in [0, 0.1) is 0 Å². The summed E-state index contributed by atoms with van der Waals surface area (Å²) in [7, 11) is -2.24. The molecule has 1 N–H and O–H groups in total. The normalized spacial score (nSPS) is 18.1. The number of carbonyl (C=O) groups excluding carboxylic acids is 2. The van der Waals surface area contributed by atoms with Crippen LogP contribution in [0.2, 0.25) is 0 Å². The largest absolute Gasteiger partial charge is 0.466 e. The molecule has 25 heavy (non-hydrogen) atoms. The molecule has 0 atom stereocenters. The number of carbonyl (C=O) groups is 2. The average Bonchev–Trinajstić information content (AvgIpc) is 2.87. The summed E-state index contributed by atoms with van der Waals surface area (Å²) < 4.78 is 28.7. The number of amidine groups is 1. The lowest BCUT2D eigenvalue weighted by molar-refractivity contribution is -0.135. The summed E-state index contributed by atoms with van der Waals surface area (Å²) in [5.74, 6) is -1.15. The standard InChI is InChI=1S/C14H12BrN3O5S2/c1-23-12(19)6-10-13(20)17-14(24-10)18-16-7-8-3-4-9(15)5-11(8)25(2,21)22/h3-7H,1-2H3,(H,17,18,20)/b10-6+,16-7?. The van der Waals surface area contributed by atoms with Crippen molar-refractivity contribution in [1.82, 2.24) is 5.32 Å². The number of methoxy groups -OCH3 is 1. The van der Waals surface area contributed by atoms with Crippen LogP contribution in [0.5, 0.6) is 0 Å². The molecule has 0 bridgehead atoms. The van der Waals surface area contributed by atoms with Gasteiger partial charge < -0.3 is 4.74 Å². The Bertz CT molecular complexity index is 922. The topological polar surface area (TPSA) is 114 Å². The maximum Gasteiger partial charge on any atom is 0.331 e. The third-order valence-corrected chi connectivity index (χ3v) is 5.37. The summed E-state index contributed by atoms with van der Waals surface area (Å²) >= 11 is 4.14. The van der Waals surface area contributed by atoms with E-state index in [4.69, 9.17) is 0 Å². The van der Waals surface area contributed by atoms with E-state index in [1.807, 2.05) is 0 Å². The zero-order valence-corrected chi connectivity index (χ0v) is 16.2. The Kier molecular flexibility index (Phi) is 6.14. The molecule has 0 saturated carbocycles. The summed E-state index contributed by atoms with van der Waals surface area (Å²) in [6.45, 7) is 0. The number of sulfone groups is 1. The molecule has 0 radical (unpaired) electrons. The van der Waals surface area contributed by atoms with Crippen LogP contribution in [0.15, 0.2) is 48.8 Å². The lowest BCUT2D eigenvalue weighted by Crippen LogP contribution is -2.19. The van der Waals surface area contributed by atoms with Gasteiger partial charge in [-0.05, 0) is 23.9 Å². The van der Waals surface area contributed by atoms with E-state index in [0.717, 1.165) is 24.1 Å². The Hall–Kier alpha value is -1.98. The van der Waals surface area contributed by atoms with Crippen molar-refractivity contribution < 1.29 is 22.7 Å². The van der Waals surface area contributed by atoms with E-state index in [2.05, 4.69) is 36.2 Å². The van der Waals surface area contributed by atoms with Crippen molar-refractivity contribution in [3.63, 3.8) is 0 Å². The number of rotatable bonds is 4. The predicted octanol–water partition coefficient (Wildman–Crippen LogP) is 1.46. The monoisotopic (exact) mass is 445 g/mol. The molecule has 1 heterocycles. The van der Waals surface area contributed by atoms with Gasteiger partial charge in [0.1, 0.15) is 0 Å². The minimum Gasteiger partial charge on any atom is -0.466 e. The van der Waals surface area contributed by atoms with E-state index in [-0.39, 0.29) is 15.0 Å². The van der Waals surface area contributed by atoms with Crippen molar-refractivity contribution in [1.29, 1.82) is 0 Å². The van der Waals surface area contributed by atoms with Crippen LogP contribution in [-0.4, -0.2) is 45.0 Å². The molecule has 1 amide bonds. The molecule has 2 rings (SSSR count). The smallest absolute Gasteiger partial charge is 0.331 e. The van der Waals surface area contributed by atoms with Crippen LogP contribution >= 0.6 is 27.7 Å². The van der Waals surface area contributed by atoms with Gasteiger partial charge in [-0.2, -0.15) is 5.10 Å². The minimum atomic E-state index is -3.44. The number of halogens is 1. The number of benzene rings is 1. The van der Waals surface area contributed by atoms with Crippen molar-refractivity contribution in [3.05, 3.63) is 39.2 Å². The highest BCUT2D eigenvalue weighted by atomic mass is 79.9. The number of nitrogens with one attached hydrogen (secondary N) is 1. The first kappa shape index (κ1) is 19.3. The molecular formula is C14H12BrN3O5S2. The number of amides is 1. The third-order valence-electron chi connectivity index (χ3n) is 2.82. The van der Waals surface area contributed by atoms with Gasteiger partial charge in [-0.15, -0.1) is 5.10 Å². The van der Waals surface area contributed by atoms with Gasteiger partial charge in [-0.3, -0.25) is 10.1 Å². The molecule has 11 heteroatoms. The summed E-state index contributed by atoms with van der Waals surface area (Å²) in [4.78, 5) is 23.0. The first-order chi connectivity index (χ1) is 11.7. The fourth-order valence-electron chi connectivity index (χ4n) is 1.72. The van der Waals surface area contributed by atoms with E-state index < -0.39 is 21.7 Å². The van der Waals surface area contributed by atoms with Gasteiger partial charge in [0.15, 0.2) is 15.0 Å². The van der Waals surface area contributed by atoms with E-state index in [1.54, 1.807) is 12.1 Å². The van der Waals surface area contributed by atoms with Crippen molar-refractivity contribution in [2.24, 2.45) is 10.2 Å². The molecule has 132 valence electrons. The SMILES string of the molecule is COC(=O)/C=C1/S/C(=N\N=Cc2ccc(Br)cc2S(C)(=O)=O)NC1=O. The number of esters is 1. The lowest BCUT2D eigenvalue weighted by atomic mass is 10.2. The molecule has 0 spiro atoms. The van der Waals surface area contributed by atoms with E-state index in [9.17, 15) is 18.0 Å². The molecule has 1 aromatic carbocycles. The Balaban J connectivity index is 2.22. The zero-order chi connectivity index (χ0) is 18.6. The maximum atomic E-state index is 11.8. The first-order valence-corrected chi connectivity index (χ1v) is 10.1. The predicted molar refractivity (Wildman–Crippen MR) is 98.1 cm³/mol. The van der Waals surface area contributed by atoms with Gasteiger partial charge in [0.2, 0.25) is 0 Å². The molecule has 0 unspecified atom stereocenters. The molecule has 1 fully saturated rings. The lowest BCUT2D eigenvalue weighted by Gasteiger charge is -2.03. The van der Waals surface area contributed by atoms with Crippen LogP contribution in [-0.2, 0) is 24.2 Å².